The van der Waals surface area contributed by atoms with Crippen molar-refractivity contribution in [3.8, 4) is 0 Å². The molecule has 0 spiro atoms. The third kappa shape index (κ3) is 5.09. The predicted octanol–water partition coefficient (Wildman–Crippen LogP) is 2.75. The van der Waals surface area contributed by atoms with Crippen molar-refractivity contribution in [3.05, 3.63) is 46.8 Å². The molecule has 0 unspecified atom stereocenters. The minimum atomic E-state index is -0.238. The second-order valence-corrected chi connectivity index (χ2v) is 5.44. The molecular weight excluding hydrogens is 348 g/mol. The number of nitrogens with one attached hydrogen (secondary N) is 2. The van der Waals surface area contributed by atoms with Gasteiger partial charge in [-0.1, -0.05) is 22.0 Å². The van der Waals surface area contributed by atoms with Crippen LogP contribution in [0.5, 0.6) is 0 Å². The maximum Gasteiger partial charge on any atom is 0.271 e. The average molecular weight is 365 g/mol. The standard InChI is InChI=1S/C15H17BrN4O2/c1-22-7-3-6-17-15(21)13-9-19-14(10-18-13)20-12-5-2-4-11(16)8-12/h2,4-5,8-10H,3,6-7H2,1H3,(H,17,21)(H,19,20). The fraction of sp³-hybridized carbons (Fsp3) is 0.267. The van der Waals surface area contributed by atoms with Crippen LogP contribution in [0.3, 0.4) is 0 Å². The van der Waals surface area contributed by atoms with Crippen LogP contribution in [0.4, 0.5) is 11.5 Å². The van der Waals surface area contributed by atoms with Crippen LogP contribution in [0.2, 0.25) is 0 Å². The van der Waals surface area contributed by atoms with Crippen molar-refractivity contribution >= 4 is 33.3 Å². The Hall–Kier alpha value is -1.99. The van der Waals surface area contributed by atoms with Gasteiger partial charge >= 0.3 is 0 Å². The van der Waals surface area contributed by atoms with E-state index in [1.165, 1.54) is 12.4 Å². The quantitative estimate of drug-likeness (QED) is 0.738. The SMILES string of the molecule is COCCCNC(=O)c1cnc(Nc2cccc(Br)c2)cn1. The summed E-state index contributed by atoms with van der Waals surface area (Å²) in [5.74, 6) is 0.339. The lowest BCUT2D eigenvalue weighted by Gasteiger charge is -2.07. The van der Waals surface area contributed by atoms with Crippen molar-refractivity contribution in [1.29, 1.82) is 0 Å². The van der Waals surface area contributed by atoms with E-state index >= 15 is 0 Å². The first-order valence-electron chi connectivity index (χ1n) is 6.81. The molecule has 1 heterocycles. The number of ether oxygens (including phenoxy) is 1. The number of rotatable bonds is 7. The second-order valence-electron chi connectivity index (χ2n) is 4.52. The normalized spacial score (nSPS) is 10.3. The van der Waals surface area contributed by atoms with E-state index in [1.807, 2.05) is 24.3 Å². The number of nitrogens with zero attached hydrogens (tertiary/aromatic N) is 2. The van der Waals surface area contributed by atoms with Crippen LogP contribution in [-0.4, -0.2) is 36.1 Å². The second kappa shape index (κ2) is 8.45. The van der Waals surface area contributed by atoms with E-state index in [0.717, 1.165) is 16.6 Å². The average Bonchev–Trinajstić information content (AvgIpc) is 2.52. The molecule has 0 aliphatic carbocycles. The Morgan fingerprint density at radius 2 is 2.18 bits per heavy atom. The third-order valence-corrected chi connectivity index (χ3v) is 3.29. The van der Waals surface area contributed by atoms with Gasteiger partial charge in [0.05, 0.1) is 12.4 Å². The monoisotopic (exact) mass is 364 g/mol. The summed E-state index contributed by atoms with van der Waals surface area (Å²) < 4.78 is 5.89. The Kier molecular flexibility index (Phi) is 6.29. The maximum atomic E-state index is 11.8. The van der Waals surface area contributed by atoms with Gasteiger partial charge in [-0.05, 0) is 24.6 Å². The van der Waals surface area contributed by atoms with Gasteiger partial charge in [0.1, 0.15) is 11.5 Å². The molecule has 0 saturated carbocycles. The van der Waals surface area contributed by atoms with Crippen LogP contribution in [0.25, 0.3) is 0 Å². The first-order valence-corrected chi connectivity index (χ1v) is 7.60. The van der Waals surface area contributed by atoms with E-state index in [0.29, 0.717) is 19.0 Å². The Morgan fingerprint density at radius 1 is 1.32 bits per heavy atom. The molecule has 0 aliphatic heterocycles. The highest BCUT2D eigenvalue weighted by Crippen LogP contribution is 2.18. The van der Waals surface area contributed by atoms with Gasteiger partial charge in [0, 0.05) is 30.4 Å². The molecule has 0 saturated heterocycles. The smallest absolute Gasteiger partial charge is 0.271 e. The van der Waals surface area contributed by atoms with Crippen LogP contribution in [0.1, 0.15) is 16.9 Å². The minimum Gasteiger partial charge on any atom is -0.385 e. The summed E-state index contributed by atoms with van der Waals surface area (Å²) in [6.07, 6.45) is 3.75. The summed E-state index contributed by atoms with van der Waals surface area (Å²) in [6, 6.07) is 7.70. The zero-order valence-electron chi connectivity index (χ0n) is 12.2. The highest BCUT2D eigenvalue weighted by atomic mass is 79.9. The van der Waals surface area contributed by atoms with Crippen molar-refractivity contribution in [2.24, 2.45) is 0 Å². The van der Waals surface area contributed by atoms with E-state index in [9.17, 15) is 4.79 Å². The molecule has 7 heteroatoms. The number of hydrogen-bond acceptors (Lipinski definition) is 5. The molecule has 1 amide bonds. The first-order chi connectivity index (χ1) is 10.7. The number of halogens is 1. The van der Waals surface area contributed by atoms with E-state index in [4.69, 9.17) is 4.74 Å². The molecule has 2 N–H and O–H groups in total. The molecule has 1 aromatic heterocycles. The number of methoxy groups -OCH3 is 1. The summed E-state index contributed by atoms with van der Waals surface area (Å²) >= 11 is 3.40. The van der Waals surface area contributed by atoms with Gasteiger partial charge in [-0.15, -0.1) is 0 Å². The fourth-order valence-corrected chi connectivity index (χ4v) is 2.13. The summed E-state index contributed by atoms with van der Waals surface area (Å²) in [4.78, 5) is 20.2. The number of hydrogen-bond donors (Lipinski definition) is 2. The third-order valence-electron chi connectivity index (χ3n) is 2.79. The Balaban J connectivity index is 1.91. The lowest BCUT2D eigenvalue weighted by Crippen LogP contribution is -2.26. The van der Waals surface area contributed by atoms with Crippen LogP contribution < -0.4 is 10.6 Å². The molecule has 0 atom stereocenters. The van der Waals surface area contributed by atoms with Gasteiger partial charge in [0.2, 0.25) is 0 Å². The van der Waals surface area contributed by atoms with Gasteiger partial charge in [-0.2, -0.15) is 0 Å². The van der Waals surface area contributed by atoms with Gasteiger partial charge in [0.15, 0.2) is 0 Å². The molecule has 0 bridgehead atoms. The Labute approximate surface area is 137 Å². The maximum absolute atomic E-state index is 11.8. The Morgan fingerprint density at radius 3 is 2.86 bits per heavy atom. The van der Waals surface area contributed by atoms with Gasteiger partial charge in [-0.3, -0.25) is 4.79 Å². The zero-order chi connectivity index (χ0) is 15.8. The molecule has 0 aliphatic rings. The molecule has 6 nitrogen and oxygen atoms in total. The summed E-state index contributed by atoms with van der Waals surface area (Å²) in [6.45, 7) is 1.16. The van der Waals surface area contributed by atoms with Crippen molar-refractivity contribution < 1.29 is 9.53 Å². The minimum absolute atomic E-state index is 0.238. The topological polar surface area (TPSA) is 76.1 Å². The molecule has 2 aromatic rings. The largest absolute Gasteiger partial charge is 0.385 e. The van der Waals surface area contributed by atoms with Crippen molar-refractivity contribution in [2.45, 2.75) is 6.42 Å². The molecule has 22 heavy (non-hydrogen) atoms. The van der Waals surface area contributed by atoms with Crippen molar-refractivity contribution in [3.63, 3.8) is 0 Å². The van der Waals surface area contributed by atoms with Crippen LogP contribution in [-0.2, 0) is 4.74 Å². The molecule has 0 radical (unpaired) electrons. The predicted molar refractivity (Wildman–Crippen MR) is 88.3 cm³/mol. The number of anilines is 2. The van der Waals surface area contributed by atoms with Crippen LogP contribution in [0, 0.1) is 0 Å². The summed E-state index contributed by atoms with van der Waals surface area (Å²) in [5, 5.41) is 5.88. The highest BCUT2D eigenvalue weighted by Gasteiger charge is 2.07. The number of benzene rings is 1. The lowest BCUT2D eigenvalue weighted by atomic mass is 10.3. The zero-order valence-corrected chi connectivity index (χ0v) is 13.8. The van der Waals surface area contributed by atoms with Gasteiger partial charge < -0.3 is 15.4 Å². The van der Waals surface area contributed by atoms with Gasteiger partial charge in [0.25, 0.3) is 5.91 Å². The molecule has 116 valence electrons. The lowest BCUT2D eigenvalue weighted by molar-refractivity contribution is 0.0943. The molecule has 0 fully saturated rings. The van der Waals surface area contributed by atoms with Crippen LogP contribution >= 0.6 is 15.9 Å². The molecular formula is C15H17BrN4O2. The number of aromatic nitrogens is 2. The molecule has 1 aromatic carbocycles. The van der Waals surface area contributed by atoms with E-state index in [-0.39, 0.29) is 11.6 Å². The van der Waals surface area contributed by atoms with Crippen LogP contribution in [0.15, 0.2) is 41.1 Å². The van der Waals surface area contributed by atoms with Gasteiger partial charge in [-0.25, -0.2) is 9.97 Å². The number of amides is 1. The first kappa shape index (κ1) is 16.4. The van der Waals surface area contributed by atoms with Crippen molar-refractivity contribution in [2.75, 3.05) is 25.6 Å². The number of carbonyl (C=O) groups is 1. The highest BCUT2D eigenvalue weighted by molar-refractivity contribution is 9.10. The van der Waals surface area contributed by atoms with E-state index < -0.39 is 0 Å². The summed E-state index contributed by atoms with van der Waals surface area (Å²) in [7, 11) is 1.63. The van der Waals surface area contributed by atoms with E-state index in [1.54, 1.807) is 7.11 Å². The Bertz CT molecular complexity index is 619. The summed E-state index contributed by atoms with van der Waals surface area (Å²) in [5.41, 5.74) is 1.18. The number of carbonyl (C=O) groups excluding carboxylic acids is 1. The fourth-order valence-electron chi connectivity index (χ4n) is 1.73. The van der Waals surface area contributed by atoms with Crippen molar-refractivity contribution in [1.82, 2.24) is 15.3 Å². The van der Waals surface area contributed by atoms with E-state index in [2.05, 4.69) is 36.5 Å². The molecule has 2 rings (SSSR count).